The predicted octanol–water partition coefficient (Wildman–Crippen LogP) is 3.77. The first-order valence-corrected chi connectivity index (χ1v) is 12.0. The molecular weight excluding hydrogens is 414 g/mol. The Labute approximate surface area is 197 Å². The Hall–Kier alpha value is -2.96. The zero-order chi connectivity index (χ0) is 24.0. The lowest BCUT2D eigenvalue weighted by Gasteiger charge is -2.37. The van der Waals surface area contributed by atoms with Crippen LogP contribution in [-0.4, -0.2) is 70.6 Å². The molecule has 1 aromatic heterocycles. The molecule has 33 heavy (non-hydrogen) atoms. The van der Waals surface area contributed by atoms with Gasteiger partial charge < -0.3 is 14.7 Å². The number of nitrogens with zero attached hydrogens (tertiary/aromatic N) is 5. The van der Waals surface area contributed by atoms with Gasteiger partial charge in [0.05, 0.1) is 12.2 Å². The minimum Gasteiger partial charge on any atom is -0.352 e. The van der Waals surface area contributed by atoms with Crippen molar-refractivity contribution in [2.75, 3.05) is 37.6 Å². The molecule has 7 nitrogen and oxygen atoms in total. The Kier molecular flexibility index (Phi) is 8.42. The van der Waals surface area contributed by atoms with Gasteiger partial charge >= 0.3 is 0 Å². The van der Waals surface area contributed by atoms with Crippen molar-refractivity contribution in [3.63, 3.8) is 0 Å². The predicted molar refractivity (Wildman–Crippen MR) is 132 cm³/mol. The zero-order valence-corrected chi connectivity index (χ0v) is 20.6. The van der Waals surface area contributed by atoms with Gasteiger partial charge in [-0.15, -0.1) is 10.2 Å². The topological polar surface area (TPSA) is 69.6 Å². The van der Waals surface area contributed by atoms with Crippen LogP contribution in [0.4, 0.5) is 5.82 Å². The maximum absolute atomic E-state index is 13.0. The summed E-state index contributed by atoms with van der Waals surface area (Å²) in [6, 6.07) is 12.3. The SMILES string of the molecule is CCC(C)N(CC(=O)N1CCN(c2ccc(-c3ccc(C)cc3)nn2)CC1)C(=O)CC(C)C. The summed E-state index contributed by atoms with van der Waals surface area (Å²) >= 11 is 0. The van der Waals surface area contributed by atoms with E-state index in [-0.39, 0.29) is 30.3 Å². The summed E-state index contributed by atoms with van der Waals surface area (Å²) in [6.45, 7) is 13.0. The molecule has 1 aliphatic rings. The number of hydrogen-bond acceptors (Lipinski definition) is 5. The molecule has 2 amide bonds. The first kappa shape index (κ1) is 24.7. The smallest absolute Gasteiger partial charge is 0.242 e. The molecule has 2 aromatic rings. The molecule has 1 aliphatic heterocycles. The Bertz CT molecular complexity index is 919. The first-order chi connectivity index (χ1) is 15.8. The summed E-state index contributed by atoms with van der Waals surface area (Å²) in [5, 5.41) is 8.83. The Morgan fingerprint density at radius 2 is 1.64 bits per heavy atom. The van der Waals surface area contributed by atoms with E-state index in [0.29, 0.717) is 32.6 Å². The highest BCUT2D eigenvalue weighted by Gasteiger charge is 2.27. The van der Waals surface area contributed by atoms with Gasteiger partial charge in [0.15, 0.2) is 5.82 Å². The lowest BCUT2D eigenvalue weighted by molar-refractivity contribution is -0.143. The normalized spacial score (nSPS) is 15.0. The number of rotatable bonds is 8. The molecule has 1 atom stereocenters. The molecule has 7 heteroatoms. The van der Waals surface area contributed by atoms with E-state index in [0.717, 1.165) is 23.5 Å². The summed E-state index contributed by atoms with van der Waals surface area (Å²) in [4.78, 5) is 31.4. The highest BCUT2D eigenvalue weighted by atomic mass is 16.2. The van der Waals surface area contributed by atoms with Gasteiger partial charge in [0.25, 0.3) is 0 Å². The quantitative estimate of drug-likeness (QED) is 0.611. The molecule has 0 saturated carbocycles. The third kappa shape index (κ3) is 6.53. The average Bonchev–Trinajstić information content (AvgIpc) is 2.82. The molecule has 0 radical (unpaired) electrons. The Morgan fingerprint density at radius 3 is 2.18 bits per heavy atom. The third-order valence-corrected chi connectivity index (χ3v) is 6.29. The number of aryl methyl sites for hydroxylation is 1. The van der Waals surface area contributed by atoms with Crippen molar-refractivity contribution in [1.82, 2.24) is 20.0 Å². The number of anilines is 1. The lowest BCUT2D eigenvalue weighted by atomic mass is 10.1. The van der Waals surface area contributed by atoms with E-state index < -0.39 is 0 Å². The van der Waals surface area contributed by atoms with E-state index in [1.54, 1.807) is 4.90 Å². The van der Waals surface area contributed by atoms with E-state index in [1.807, 2.05) is 37.8 Å². The molecule has 1 saturated heterocycles. The van der Waals surface area contributed by atoms with Crippen molar-refractivity contribution in [3.05, 3.63) is 42.0 Å². The van der Waals surface area contributed by atoms with Crippen molar-refractivity contribution < 1.29 is 9.59 Å². The standard InChI is InChI=1S/C26H37N5O2/c1-6-21(5)31(25(32)17-19(2)3)18-26(33)30-15-13-29(14-16-30)24-12-11-23(27-28-24)22-9-7-20(4)8-10-22/h7-12,19,21H,6,13-18H2,1-5H3. The first-order valence-electron chi connectivity index (χ1n) is 12.0. The zero-order valence-electron chi connectivity index (χ0n) is 20.6. The van der Waals surface area contributed by atoms with Crippen molar-refractivity contribution in [2.24, 2.45) is 5.92 Å². The summed E-state index contributed by atoms with van der Waals surface area (Å²) in [5.74, 6) is 1.19. The molecule has 0 N–H and O–H groups in total. The Morgan fingerprint density at radius 1 is 0.970 bits per heavy atom. The molecule has 3 rings (SSSR count). The van der Waals surface area contributed by atoms with Gasteiger partial charge in [-0.05, 0) is 38.3 Å². The molecule has 0 bridgehead atoms. The van der Waals surface area contributed by atoms with Gasteiger partial charge in [-0.1, -0.05) is 50.6 Å². The molecule has 1 fully saturated rings. The van der Waals surface area contributed by atoms with Crippen LogP contribution in [-0.2, 0) is 9.59 Å². The van der Waals surface area contributed by atoms with Gasteiger partial charge in [0, 0.05) is 44.2 Å². The van der Waals surface area contributed by atoms with Crippen molar-refractivity contribution in [2.45, 2.75) is 53.5 Å². The van der Waals surface area contributed by atoms with Crippen LogP contribution in [0.25, 0.3) is 11.3 Å². The molecule has 0 aliphatic carbocycles. The molecule has 1 unspecified atom stereocenters. The van der Waals surface area contributed by atoms with Gasteiger partial charge in [0.2, 0.25) is 11.8 Å². The van der Waals surface area contributed by atoms with E-state index in [4.69, 9.17) is 0 Å². The summed E-state index contributed by atoms with van der Waals surface area (Å²) in [7, 11) is 0. The van der Waals surface area contributed by atoms with Crippen molar-refractivity contribution in [1.29, 1.82) is 0 Å². The van der Waals surface area contributed by atoms with Gasteiger partial charge in [-0.25, -0.2) is 0 Å². The summed E-state index contributed by atoms with van der Waals surface area (Å²) < 4.78 is 0. The highest BCUT2D eigenvalue weighted by molar-refractivity contribution is 5.85. The fraction of sp³-hybridized carbons (Fsp3) is 0.538. The average molecular weight is 452 g/mol. The lowest BCUT2D eigenvalue weighted by Crippen LogP contribution is -2.53. The van der Waals surface area contributed by atoms with Crippen molar-refractivity contribution in [3.8, 4) is 11.3 Å². The van der Waals surface area contributed by atoms with E-state index in [2.05, 4.69) is 53.2 Å². The molecule has 178 valence electrons. The molecule has 0 spiro atoms. The highest BCUT2D eigenvalue weighted by Crippen LogP contribution is 2.20. The second-order valence-corrected chi connectivity index (χ2v) is 9.39. The molecular formula is C26H37N5O2. The van der Waals surface area contributed by atoms with E-state index in [9.17, 15) is 9.59 Å². The monoisotopic (exact) mass is 451 g/mol. The van der Waals surface area contributed by atoms with E-state index >= 15 is 0 Å². The maximum atomic E-state index is 13.0. The van der Waals surface area contributed by atoms with Crippen LogP contribution < -0.4 is 4.90 Å². The fourth-order valence-corrected chi connectivity index (χ4v) is 3.98. The number of amides is 2. The van der Waals surface area contributed by atoms with Crippen LogP contribution in [0.5, 0.6) is 0 Å². The number of hydrogen-bond donors (Lipinski definition) is 0. The van der Waals surface area contributed by atoms with Crippen LogP contribution >= 0.6 is 0 Å². The number of aromatic nitrogens is 2. The number of carbonyl (C=O) groups excluding carboxylic acids is 2. The van der Waals surface area contributed by atoms with Crippen molar-refractivity contribution >= 4 is 17.6 Å². The third-order valence-electron chi connectivity index (χ3n) is 6.29. The molecule has 1 aromatic carbocycles. The van der Waals surface area contributed by atoms with Crippen LogP contribution in [0.15, 0.2) is 36.4 Å². The maximum Gasteiger partial charge on any atom is 0.242 e. The summed E-state index contributed by atoms with van der Waals surface area (Å²) in [5.41, 5.74) is 3.11. The van der Waals surface area contributed by atoms with Crippen LogP contribution in [0.1, 0.15) is 46.1 Å². The fourth-order valence-electron chi connectivity index (χ4n) is 3.98. The van der Waals surface area contributed by atoms with Crippen LogP contribution in [0, 0.1) is 12.8 Å². The largest absolute Gasteiger partial charge is 0.352 e. The number of benzene rings is 1. The van der Waals surface area contributed by atoms with Gasteiger partial charge in [-0.2, -0.15) is 0 Å². The summed E-state index contributed by atoms with van der Waals surface area (Å²) in [6.07, 6.45) is 1.31. The minimum atomic E-state index is 0.0212. The number of piperazine rings is 1. The minimum absolute atomic E-state index is 0.0212. The molecule has 2 heterocycles. The second kappa shape index (κ2) is 11.3. The number of carbonyl (C=O) groups is 2. The van der Waals surface area contributed by atoms with Crippen LogP contribution in [0.3, 0.4) is 0 Å². The van der Waals surface area contributed by atoms with E-state index in [1.165, 1.54) is 5.56 Å². The van der Waals surface area contributed by atoms with Gasteiger partial charge in [-0.3, -0.25) is 9.59 Å². The van der Waals surface area contributed by atoms with Crippen LogP contribution in [0.2, 0.25) is 0 Å². The Balaban J connectivity index is 1.56. The van der Waals surface area contributed by atoms with Gasteiger partial charge in [0.1, 0.15) is 0 Å². The second-order valence-electron chi connectivity index (χ2n) is 9.39.